The molecule has 4 nitrogen and oxygen atoms in total. The molecule has 0 atom stereocenters. The maximum Gasteiger partial charge on any atom is 0.242 e. The van der Waals surface area contributed by atoms with Crippen molar-refractivity contribution in [3.05, 3.63) is 22.7 Å². The van der Waals surface area contributed by atoms with E-state index in [-0.39, 0.29) is 10.6 Å². The lowest BCUT2D eigenvalue weighted by atomic mass is 10.1. The Morgan fingerprint density at radius 3 is 2.61 bits per heavy atom. The van der Waals surface area contributed by atoms with Crippen molar-refractivity contribution in [3.8, 4) is 0 Å². The quantitative estimate of drug-likeness (QED) is 0.620. The van der Waals surface area contributed by atoms with Gasteiger partial charge >= 0.3 is 0 Å². The third-order valence-corrected chi connectivity index (χ3v) is 4.54. The van der Waals surface area contributed by atoms with Gasteiger partial charge in [0.15, 0.2) is 0 Å². The smallest absolute Gasteiger partial charge is 0.242 e. The highest BCUT2D eigenvalue weighted by Gasteiger charge is 2.16. The minimum atomic E-state index is -3.50. The number of hydrogen-bond donors (Lipinski definition) is 2. The standard InChI is InChI=1S/C12H19BrN2O2S/c1-9(2)4-3-7-15-18(16,17)12-6-5-10(13)8-11(12)14/h5-6,8-9,15H,3-4,7,14H2,1-2H3. The number of benzene rings is 1. The lowest BCUT2D eigenvalue weighted by Gasteiger charge is -2.10. The second-order valence-electron chi connectivity index (χ2n) is 4.62. The molecule has 6 heteroatoms. The molecule has 0 aliphatic heterocycles. The fraction of sp³-hybridized carbons (Fsp3) is 0.500. The number of anilines is 1. The molecule has 3 N–H and O–H groups in total. The molecule has 18 heavy (non-hydrogen) atoms. The van der Waals surface area contributed by atoms with Crippen molar-refractivity contribution in [2.24, 2.45) is 5.92 Å². The Balaban J connectivity index is 2.69. The molecule has 0 radical (unpaired) electrons. The Morgan fingerprint density at radius 2 is 2.06 bits per heavy atom. The van der Waals surface area contributed by atoms with E-state index in [0.29, 0.717) is 12.5 Å². The van der Waals surface area contributed by atoms with Gasteiger partial charge < -0.3 is 5.73 Å². The maximum absolute atomic E-state index is 12.0. The van der Waals surface area contributed by atoms with Gasteiger partial charge in [-0.3, -0.25) is 0 Å². The average Bonchev–Trinajstić information content (AvgIpc) is 2.23. The lowest BCUT2D eigenvalue weighted by molar-refractivity contribution is 0.540. The minimum absolute atomic E-state index is 0.134. The number of nitrogens with two attached hydrogens (primary N) is 1. The van der Waals surface area contributed by atoms with Gasteiger partial charge in [0.25, 0.3) is 0 Å². The number of nitrogens with one attached hydrogen (secondary N) is 1. The third-order valence-electron chi connectivity index (χ3n) is 2.51. The molecule has 0 saturated heterocycles. The van der Waals surface area contributed by atoms with Gasteiger partial charge in [-0.25, -0.2) is 13.1 Å². The van der Waals surface area contributed by atoms with E-state index in [4.69, 9.17) is 5.73 Å². The van der Waals surface area contributed by atoms with E-state index in [1.165, 1.54) is 6.07 Å². The maximum atomic E-state index is 12.0. The molecular weight excluding hydrogens is 316 g/mol. The number of sulfonamides is 1. The van der Waals surface area contributed by atoms with Crippen LogP contribution in [-0.4, -0.2) is 15.0 Å². The van der Waals surface area contributed by atoms with E-state index in [0.717, 1.165) is 17.3 Å². The van der Waals surface area contributed by atoms with Crippen molar-refractivity contribution >= 4 is 31.6 Å². The first-order chi connectivity index (χ1) is 8.33. The van der Waals surface area contributed by atoms with Gasteiger partial charge in [-0.2, -0.15) is 0 Å². The van der Waals surface area contributed by atoms with E-state index >= 15 is 0 Å². The minimum Gasteiger partial charge on any atom is -0.398 e. The normalized spacial score (nSPS) is 12.0. The van der Waals surface area contributed by atoms with Crippen LogP contribution >= 0.6 is 15.9 Å². The Kier molecular flexibility index (Phi) is 5.62. The predicted octanol–water partition coefficient (Wildman–Crippen LogP) is 2.75. The highest BCUT2D eigenvalue weighted by Crippen LogP contribution is 2.22. The molecule has 102 valence electrons. The number of hydrogen-bond acceptors (Lipinski definition) is 3. The van der Waals surface area contributed by atoms with Crippen LogP contribution in [0.5, 0.6) is 0 Å². The lowest BCUT2D eigenvalue weighted by Crippen LogP contribution is -2.25. The number of rotatable bonds is 6. The van der Waals surface area contributed by atoms with Gasteiger partial charge in [0.05, 0.1) is 5.69 Å². The summed E-state index contributed by atoms with van der Waals surface area (Å²) < 4.78 is 27.3. The van der Waals surface area contributed by atoms with Crippen molar-refractivity contribution in [2.75, 3.05) is 12.3 Å². The second kappa shape index (κ2) is 6.54. The molecule has 0 unspecified atom stereocenters. The van der Waals surface area contributed by atoms with Crippen LogP contribution in [0, 0.1) is 5.92 Å². The first-order valence-corrected chi connectivity index (χ1v) is 8.15. The van der Waals surface area contributed by atoms with E-state index in [1.54, 1.807) is 12.1 Å². The molecule has 0 spiro atoms. The summed E-state index contributed by atoms with van der Waals surface area (Å²) in [7, 11) is -3.50. The number of halogens is 1. The molecule has 0 bridgehead atoms. The van der Waals surface area contributed by atoms with Gasteiger partial charge in [-0.05, 0) is 37.0 Å². The molecule has 1 aromatic carbocycles. The van der Waals surface area contributed by atoms with Crippen molar-refractivity contribution in [1.82, 2.24) is 4.72 Å². The number of nitrogen functional groups attached to an aromatic ring is 1. The van der Waals surface area contributed by atoms with E-state index in [9.17, 15) is 8.42 Å². The summed E-state index contributed by atoms with van der Waals surface area (Å²) in [5.74, 6) is 0.576. The topological polar surface area (TPSA) is 72.2 Å². The van der Waals surface area contributed by atoms with Crippen LogP contribution < -0.4 is 10.5 Å². The van der Waals surface area contributed by atoms with Gasteiger partial charge in [-0.15, -0.1) is 0 Å². The Bertz CT molecular complexity index is 501. The molecule has 0 amide bonds. The van der Waals surface area contributed by atoms with Crippen LogP contribution in [-0.2, 0) is 10.0 Å². The highest BCUT2D eigenvalue weighted by atomic mass is 79.9. The van der Waals surface area contributed by atoms with Gasteiger partial charge in [0, 0.05) is 11.0 Å². The summed E-state index contributed by atoms with van der Waals surface area (Å²) in [6.45, 7) is 4.67. The summed E-state index contributed by atoms with van der Waals surface area (Å²) in [5.41, 5.74) is 5.96. The molecule has 0 saturated carbocycles. The van der Waals surface area contributed by atoms with E-state index < -0.39 is 10.0 Å². The average molecular weight is 335 g/mol. The zero-order valence-electron chi connectivity index (χ0n) is 10.6. The molecule has 1 aromatic rings. The fourth-order valence-electron chi connectivity index (χ4n) is 1.56. The summed E-state index contributed by atoms with van der Waals surface area (Å²) in [6.07, 6.45) is 1.83. The van der Waals surface area contributed by atoms with Crippen molar-refractivity contribution < 1.29 is 8.42 Å². The fourth-order valence-corrected chi connectivity index (χ4v) is 3.12. The Hall–Kier alpha value is -0.590. The summed E-state index contributed by atoms with van der Waals surface area (Å²) >= 11 is 3.25. The highest BCUT2D eigenvalue weighted by molar-refractivity contribution is 9.10. The monoisotopic (exact) mass is 334 g/mol. The summed E-state index contributed by atoms with van der Waals surface area (Å²) in [4.78, 5) is 0.134. The molecular formula is C12H19BrN2O2S. The van der Waals surface area contributed by atoms with Crippen LogP contribution in [0.4, 0.5) is 5.69 Å². The first kappa shape index (κ1) is 15.5. The first-order valence-electron chi connectivity index (χ1n) is 5.87. The van der Waals surface area contributed by atoms with Crippen molar-refractivity contribution in [1.29, 1.82) is 0 Å². The van der Waals surface area contributed by atoms with Crippen LogP contribution in [0.15, 0.2) is 27.6 Å². The Labute approximate surface area is 117 Å². The zero-order valence-corrected chi connectivity index (χ0v) is 13.0. The largest absolute Gasteiger partial charge is 0.398 e. The molecule has 0 aromatic heterocycles. The Morgan fingerprint density at radius 1 is 1.39 bits per heavy atom. The van der Waals surface area contributed by atoms with Gasteiger partial charge in [0.1, 0.15) is 4.90 Å². The van der Waals surface area contributed by atoms with E-state index in [1.807, 2.05) is 0 Å². The van der Waals surface area contributed by atoms with Crippen molar-refractivity contribution in [2.45, 2.75) is 31.6 Å². The van der Waals surface area contributed by atoms with Gasteiger partial charge in [-0.1, -0.05) is 29.8 Å². The molecule has 0 aliphatic rings. The van der Waals surface area contributed by atoms with Crippen LogP contribution in [0.1, 0.15) is 26.7 Å². The van der Waals surface area contributed by atoms with Crippen molar-refractivity contribution in [3.63, 3.8) is 0 Å². The SMILES string of the molecule is CC(C)CCCNS(=O)(=O)c1ccc(Br)cc1N. The molecule has 0 heterocycles. The van der Waals surface area contributed by atoms with Crippen LogP contribution in [0.3, 0.4) is 0 Å². The molecule has 0 fully saturated rings. The zero-order chi connectivity index (χ0) is 13.8. The molecule has 1 rings (SSSR count). The summed E-state index contributed by atoms with van der Waals surface area (Å²) in [5, 5.41) is 0. The second-order valence-corrected chi connectivity index (χ2v) is 7.27. The third kappa shape index (κ3) is 4.59. The molecule has 0 aliphatic carbocycles. The van der Waals surface area contributed by atoms with E-state index in [2.05, 4.69) is 34.5 Å². The predicted molar refractivity (Wildman–Crippen MR) is 77.8 cm³/mol. The van der Waals surface area contributed by atoms with Gasteiger partial charge in [0.2, 0.25) is 10.0 Å². The summed E-state index contributed by atoms with van der Waals surface area (Å²) in [6, 6.07) is 4.76. The van der Waals surface area contributed by atoms with Crippen LogP contribution in [0.25, 0.3) is 0 Å². The van der Waals surface area contributed by atoms with Crippen LogP contribution in [0.2, 0.25) is 0 Å².